The highest BCUT2D eigenvalue weighted by molar-refractivity contribution is 6.02. The SMILES string of the molecule is COc1ccccc1CN(CCCCC#N)CCCn1cc(C(N)=O)c(NC(=O)C2CC2)n1. The van der Waals surface area contributed by atoms with Crippen LogP contribution in [0, 0.1) is 17.2 Å². The van der Waals surface area contributed by atoms with Crippen LogP contribution in [0.15, 0.2) is 30.5 Å². The van der Waals surface area contributed by atoms with E-state index in [1.165, 1.54) is 0 Å². The number of ether oxygens (including phenoxy) is 1. The summed E-state index contributed by atoms with van der Waals surface area (Å²) in [4.78, 5) is 26.2. The zero-order chi connectivity index (χ0) is 23.6. The number of carbonyl (C=O) groups excluding carboxylic acids is 2. The van der Waals surface area contributed by atoms with Crippen LogP contribution in [-0.2, 0) is 17.9 Å². The predicted molar refractivity (Wildman–Crippen MR) is 124 cm³/mol. The Morgan fingerprint density at radius 1 is 1.27 bits per heavy atom. The van der Waals surface area contributed by atoms with Crippen molar-refractivity contribution in [2.45, 2.75) is 51.6 Å². The number of nitrogens with zero attached hydrogens (tertiary/aromatic N) is 4. The Bertz CT molecular complexity index is 992. The Kier molecular flexibility index (Phi) is 8.84. The molecule has 176 valence electrons. The van der Waals surface area contributed by atoms with Gasteiger partial charge in [-0.2, -0.15) is 10.4 Å². The van der Waals surface area contributed by atoms with Gasteiger partial charge in [-0.05, 0) is 44.7 Å². The molecule has 0 spiro atoms. The number of amides is 2. The van der Waals surface area contributed by atoms with Gasteiger partial charge < -0.3 is 15.8 Å². The van der Waals surface area contributed by atoms with Gasteiger partial charge >= 0.3 is 0 Å². The van der Waals surface area contributed by atoms with Gasteiger partial charge in [0.05, 0.1) is 13.2 Å². The second-order valence-electron chi connectivity index (χ2n) is 8.34. The summed E-state index contributed by atoms with van der Waals surface area (Å²) in [5, 5.41) is 15.9. The maximum atomic E-state index is 12.1. The van der Waals surface area contributed by atoms with E-state index >= 15 is 0 Å². The number of anilines is 1. The van der Waals surface area contributed by atoms with Crippen molar-refractivity contribution in [2.75, 3.05) is 25.5 Å². The number of methoxy groups -OCH3 is 1. The van der Waals surface area contributed by atoms with Gasteiger partial charge in [-0.25, -0.2) is 0 Å². The number of unbranched alkanes of at least 4 members (excludes halogenated alkanes) is 2. The Balaban J connectivity index is 1.60. The second kappa shape index (κ2) is 12.0. The number of primary amides is 1. The molecule has 3 N–H and O–H groups in total. The molecule has 0 aliphatic heterocycles. The van der Waals surface area contributed by atoms with E-state index in [-0.39, 0.29) is 23.2 Å². The average molecular weight is 453 g/mol. The molecule has 1 heterocycles. The van der Waals surface area contributed by atoms with Crippen molar-refractivity contribution >= 4 is 17.6 Å². The third-order valence-electron chi connectivity index (χ3n) is 5.68. The molecule has 0 saturated heterocycles. The number of hydrogen-bond acceptors (Lipinski definition) is 6. The zero-order valence-electron chi connectivity index (χ0n) is 19.1. The van der Waals surface area contributed by atoms with E-state index in [4.69, 9.17) is 15.7 Å². The number of carbonyl (C=O) groups is 2. The van der Waals surface area contributed by atoms with Gasteiger partial charge in [0.1, 0.15) is 11.3 Å². The van der Waals surface area contributed by atoms with E-state index in [0.29, 0.717) is 13.0 Å². The van der Waals surface area contributed by atoms with Crippen molar-refractivity contribution in [3.8, 4) is 11.8 Å². The summed E-state index contributed by atoms with van der Waals surface area (Å²) in [6.07, 6.45) is 6.49. The van der Waals surface area contributed by atoms with Crippen LogP contribution in [0.3, 0.4) is 0 Å². The molecule has 2 aromatic rings. The van der Waals surface area contributed by atoms with Gasteiger partial charge in [0, 0.05) is 43.7 Å². The third kappa shape index (κ3) is 7.32. The van der Waals surface area contributed by atoms with Crippen LogP contribution >= 0.6 is 0 Å². The molecular weight excluding hydrogens is 420 g/mol. The molecule has 0 bridgehead atoms. The maximum Gasteiger partial charge on any atom is 0.254 e. The lowest BCUT2D eigenvalue weighted by Gasteiger charge is -2.23. The lowest BCUT2D eigenvalue weighted by molar-refractivity contribution is -0.117. The minimum absolute atomic E-state index is 0.0143. The van der Waals surface area contributed by atoms with Gasteiger partial charge in [0.25, 0.3) is 5.91 Å². The quantitative estimate of drug-likeness (QED) is 0.424. The minimum Gasteiger partial charge on any atom is -0.496 e. The molecule has 1 aliphatic carbocycles. The lowest BCUT2D eigenvalue weighted by Crippen LogP contribution is -2.27. The first-order valence-corrected chi connectivity index (χ1v) is 11.4. The fraction of sp³-hybridized carbons (Fsp3) is 0.500. The number of rotatable bonds is 14. The second-order valence-corrected chi connectivity index (χ2v) is 8.34. The number of para-hydroxylation sites is 1. The van der Waals surface area contributed by atoms with Crippen LogP contribution in [0.5, 0.6) is 5.75 Å². The molecule has 9 heteroatoms. The van der Waals surface area contributed by atoms with E-state index in [9.17, 15) is 9.59 Å². The first kappa shape index (κ1) is 24.3. The molecule has 1 aromatic heterocycles. The van der Waals surface area contributed by atoms with Gasteiger partial charge in [0.15, 0.2) is 5.82 Å². The van der Waals surface area contributed by atoms with Gasteiger partial charge in [-0.1, -0.05) is 18.2 Å². The van der Waals surface area contributed by atoms with Crippen LogP contribution < -0.4 is 15.8 Å². The first-order valence-electron chi connectivity index (χ1n) is 11.4. The molecule has 0 unspecified atom stereocenters. The van der Waals surface area contributed by atoms with Crippen LogP contribution in [0.1, 0.15) is 54.4 Å². The maximum absolute atomic E-state index is 12.1. The number of nitriles is 1. The van der Waals surface area contributed by atoms with Gasteiger partial charge in [0.2, 0.25) is 5.91 Å². The standard InChI is InChI=1S/C24H32N6O3/c1-33-21-9-4-3-8-19(21)16-29(13-6-2-5-12-25)14-7-15-30-17-20(22(26)31)23(28-30)27-24(32)18-10-11-18/h3-4,8-9,17-18H,2,5-7,10-11,13-16H2,1H3,(H2,26,31)(H,27,28,32). The highest BCUT2D eigenvalue weighted by Gasteiger charge is 2.31. The van der Waals surface area contributed by atoms with Crippen molar-refractivity contribution in [3.05, 3.63) is 41.6 Å². The van der Waals surface area contributed by atoms with Gasteiger partial charge in [-0.3, -0.25) is 19.2 Å². The van der Waals surface area contributed by atoms with Crippen LogP contribution in [0.2, 0.25) is 0 Å². The molecule has 33 heavy (non-hydrogen) atoms. The van der Waals surface area contributed by atoms with E-state index in [1.807, 2.05) is 18.2 Å². The summed E-state index contributed by atoms with van der Waals surface area (Å²) in [5.74, 6) is 0.390. The van der Waals surface area contributed by atoms with Crippen molar-refractivity contribution in [2.24, 2.45) is 11.7 Å². The summed E-state index contributed by atoms with van der Waals surface area (Å²) in [6, 6.07) is 10.2. The molecule has 2 amide bonds. The van der Waals surface area contributed by atoms with Crippen molar-refractivity contribution in [3.63, 3.8) is 0 Å². The number of nitrogens with one attached hydrogen (secondary N) is 1. The summed E-state index contributed by atoms with van der Waals surface area (Å²) in [7, 11) is 1.67. The zero-order valence-corrected chi connectivity index (χ0v) is 19.1. The molecule has 1 saturated carbocycles. The summed E-state index contributed by atoms with van der Waals surface area (Å²) < 4.78 is 7.16. The summed E-state index contributed by atoms with van der Waals surface area (Å²) in [6.45, 7) is 3.00. The van der Waals surface area contributed by atoms with Crippen LogP contribution in [0.25, 0.3) is 0 Å². The monoisotopic (exact) mass is 452 g/mol. The molecule has 9 nitrogen and oxygen atoms in total. The van der Waals surface area contributed by atoms with Crippen molar-refractivity contribution in [1.29, 1.82) is 5.26 Å². The van der Waals surface area contributed by atoms with E-state index in [0.717, 1.165) is 63.1 Å². The highest BCUT2D eigenvalue weighted by atomic mass is 16.5. The van der Waals surface area contributed by atoms with Crippen LogP contribution in [0.4, 0.5) is 5.82 Å². The topological polar surface area (TPSA) is 126 Å². The first-order chi connectivity index (χ1) is 16.0. The molecular formula is C24H32N6O3. The smallest absolute Gasteiger partial charge is 0.254 e. The minimum atomic E-state index is -0.609. The van der Waals surface area contributed by atoms with Gasteiger partial charge in [-0.15, -0.1) is 0 Å². The van der Waals surface area contributed by atoms with Crippen molar-refractivity contribution < 1.29 is 14.3 Å². The Morgan fingerprint density at radius 2 is 2.03 bits per heavy atom. The largest absolute Gasteiger partial charge is 0.496 e. The fourth-order valence-electron chi connectivity index (χ4n) is 3.71. The fourth-order valence-corrected chi connectivity index (χ4v) is 3.71. The van der Waals surface area contributed by atoms with Crippen LogP contribution in [-0.4, -0.2) is 46.7 Å². The number of aryl methyl sites for hydroxylation is 1. The Labute approximate surface area is 194 Å². The number of hydrogen-bond donors (Lipinski definition) is 2. The number of aromatic nitrogens is 2. The van der Waals surface area contributed by atoms with E-state index in [1.54, 1.807) is 18.0 Å². The highest BCUT2D eigenvalue weighted by Crippen LogP contribution is 2.30. The van der Waals surface area contributed by atoms with E-state index in [2.05, 4.69) is 27.5 Å². The lowest BCUT2D eigenvalue weighted by atomic mass is 10.1. The third-order valence-corrected chi connectivity index (χ3v) is 5.68. The van der Waals surface area contributed by atoms with Crippen molar-refractivity contribution in [1.82, 2.24) is 14.7 Å². The molecule has 3 rings (SSSR count). The number of benzene rings is 1. The number of nitrogens with two attached hydrogens (primary N) is 1. The average Bonchev–Trinajstić information content (AvgIpc) is 3.58. The summed E-state index contributed by atoms with van der Waals surface area (Å²) in [5.41, 5.74) is 6.82. The molecule has 0 radical (unpaired) electrons. The summed E-state index contributed by atoms with van der Waals surface area (Å²) >= 11 is 0. The molecule has 1 aliphatic rings. The molecule has 1 aromatic carbocycles. The Hall–Kier alpha value is -3.38. The normalized spacial score (nSPS) is 13.0. The Morgan fingerprint density at radius 3 is 2.73 bits per heavy atom. The van der Waals surface area contributed by atoms with E-state index < -0.39 is 5.91 Å². The molecule has 1 fully saturated rings. The predicted octanol–water partition coefficient (Wildman–Crippen LogP) is 2.93. The molecule has 0 atom stereocenters.